The van der Waals surface area contributed by atoms with Crippen LogP contribution in [0.2, 0.25) is 0 Å². The monoisotopic (exact) mass is 365 g/mol. The van der Waals surface area contributed by atoms with Crippen molar-refractivity contribution in [1.29, 1.82) is 0 Å². The van der Waals surface area contributed by atoms with Gasteiger partial charge in [-0.25, -0.2) is 9.78 Å². The van der Waals surface area contributed by atoms with Crippen LogP contribution in [0.15, 0.2) is 15.9 Å². The second kappa shape index (κ2) is 7.45. The molecule has 26 heavy (non-hydrogen) atoms. The zero-order chi connectivity index (χ0) is 19.6. The van der Waals surface area contributed by atoms with Crippen molar-refractivity contribution in [2.24, 2.45) is 19.8 Å². The molecule has 2 N–H and O–H groups in total. The van der Waals surface area contributed by atoms with Gasteiger partial charge in [0.25, 0.3) is 5.56 Å². The molecule has 1 unspecified atom stereocenters. The Morgan fingerprint density at radius 2 is 1.96 bits per heavy atom. The Bertz CT molecular complexity index is 920. The summed E-state index contributed by atoms with van der Waals surface area (Å²) < 4.78 is 9.24. The molecule has 0 amide bonds. The van der Waals surface area contributed by atoms with E-state index in [0.717, 1.165) is 17.4 Å². The van der Waals surface area contributed by atoms with Crippen molar-refractivity contribution in [3.05, 3.63) is 27.2 Å². The smallest absolute Gasteiger partial charge is 0.332 e. The van der Waals surface area contributed by atoms with Crippen molar-refractivity contribution in [3.63, 3.8) is 0 Å². The van der Waals surface area contributed by atoms with Gasteiger partial charge in [0.15, 0.2) is 11.2 Å². The Morgan fingerprint density at radius 3 is 2.58 bits per heavy atom. The van der Waals surface area contributed by atoms with E-state index in [4.69, 9.17) is 10.5 Å². The SMILES string of the molecule is CC(N)CCCC(C)(C)OC(=O)Cn1cnc2c1c(=O)n(C)c(=O)n2C. The van der Waals surface area contributed by atoms with Crippen LogP contribution < -0.4 is 17.0 Å². The molecule has 2 aromatic rings. The number of carbonyl (C=O) groups is 1. The third-order valence-electron chi connectivity index (χ3n) is 4.35. The molecule has 0 aliphatic heterocycles. The Morgan fingerprint density at radius 1 is 1.31 bits per heavy atom. The van der Waals surface area contributed by atoms with E-state index in [1.807, 2.05) is 20.8 Å². The molecular formula is C17H27N5O4. The summed E-state index contributed by atoms with van der Waals surface area (Å²) in [5, 5.41) is 0. The highest BCUT2D eigenvalue weighted by molar-refractivity contribution is 5.75. The molecule has 0 saturated heterocycles. The highest BCUT2D eigenvalue weighted by atomic mass is 16.6. The number of nitrogens with two attached hydrogens (primary N) is 1. The molecule has 2 aromatic heterocycles. The maximum atomic E-state index is 12.4. The van der Waals surface area contributed by atoms with E-state index in [1.165, 1.54) is 29.6 Å². The molecule has 144 valence electrons. The largest absolute Gasteiger partial charge is 0.458 e. The number of aromatic nitrogens is 4. The minimum atomic E-state index is -0.625. The number of esters is 1. The van der Waals surface area contributed by atoms with Crippen molar-refractivity contribution in [2.45, 2.75) is 58.2 Å². The Hall–Kier alpha value is -2.42. The summed E-state index contributed by atoms with van der Waals surface area (Å²) >= 11 is 0. The van der Waals surface area contributed by atoms with Gasteiger partial charge < -0.3 is 15.0 Å². The maximum Gasteiger partial charge on any atom is 0.332 e. The minimum absolute atomic E-state index is 0.113. The van der Waals surface area contributed by atoms with Gasteiger partial charge in [-0.15, -0.1) is 0 Å². The predicted octanol–water partition coefficient (Wildman–Crippen LogP) is 0.273. The molecule has 0 fully saturated rings. The van der Waals surface area contributed by atoms with Gasteiger partial charge in [0.2, 0.25) is 0 Å². The molecule has 0 aliphatic carbocycles. The van der Waals surface area contributed by atoms with E-state index >= 15 is 0 Å². The lowest BCUT2D eigenvalue weighted by molar-refractivity contribution is -0.157. The fraction of sp³-hybridized carbons (Fsp3) is 0.647. The zero-order valence-corrected chi connectivity index (χ0v) is 16.0. The number of imidazole rings is 1. The van der Waals surface area contributed by atoms with Crippen molar-refractivity contribution < 1.29 is 9.53 Å². The van der Waals surface area contributed by atoms with Crippen LogP contribution in [0.5, 0.6) is 0 Å². The van der Waals surface area contributed by atoms with Gasteiger partial charge in [0, 0.05) is 20.1 Å². The van der Waals surface area contributed by atoms with E-state index in [1.54, 1.807) is 0 Å². The predicted molar refractivity (Wildman–Crippen MR) is 97.9 cm³/mol. The van der Waals surface area contributed by atoms with Crippen molar-refractivity contribution in [1.82, 2.24) is 18.7 Å². The molecule has 0 radical (unpaired) electrons. The average molecular weight is 365 g/mol. The summed E-state index contributed by atoms with van der Waals surface area (Å²) in [6.07, 6.45) is 3.78. The number of hydrogen-bond donors (Lipinski definition) is 1. The molecule has 0 aromatic carbocycles. The molecule has 9 heteroatoms. The third kappa shape index (κ3) is 4.21. The standard InChI is InChI=1S/C17H27N5O4/c1-11(18)7-6-8-17(2,3)26-12(23)9-22-10-19-14-13(22)15(24)21(5)16(25)20(14)4/h10-11H,6-9,18H2,1-5H3. The summed E-state index contributed by atoms with van der Waals surface area (Å²) in [5.74, 6) is -0.467. The minimum Gasteiger partial charge on any atom is -0.458 e. The van der Waals surface area contributed by atoms with E-state index < -0.39 is 22.8 Å². The number of rotatable bonds is 7. The summed E-state index contributed by atoms with van der Waals surface area (Å²) in [5.41, 5.74) is 4.59. The highest BCUT2D eigenvalue weighted by Crippen LogP contribution is 2.19. The van der Waals surface area contributed by atoms with Crippen LogP contribution in [0.25, 0.3) is 11.2 Å². The van der Waals surface area contributed by atoms with Gasteiger partial charge in [0.05, 0.1) is 6.33 Å². The summed E-state index contributed by atoms with van der Waals surface area (Å²) in [6.45, 7) is 5.49. The first-order valence-electron chi connectivity index (χ1n) is 8.62. The quantitative estimate of drug-likeness (QED) is 0.705. The summed E-state index contributed by atoms with van der Waals surface area (Å²) in [7, 11) is 2.92. The molecule has 0 bridgehead atoms. The lowest BCUT2D eigenvalue weighted by atomic mass is 9.99. The van der Waals surface area contributed by atoms with Gasteiger partial charge in [-0.3, -0.25) is 18.7 Å². The third-order valence-corrected chi connectivity index (χ3v) is 4.35. The lowest BCUT2D eigenvalue weighted by Gasteiger charge is -2.25. The molecule has 0 saturated carbocycles. The van der Waals surface area contributed by atoms with Gasteiger partial charge in [-0.2, -0.15) is 0 Å². The van der Waals surface area contributed by atoms with Gasteiger partial charge in [0.1, 0.15) is 12.1 Å². The van der Waals surface area contributed by atoms with Gasteiger partial charge in [-0.1, -0.05) is 0 Å². The van der Waals surface area contributed by atoms with Crippen molar-refractivity contribution in [2.75, 3.05) is 0 Å². The van der Waals surface area contributed by atoms with Crippen LogP contribution in [-0.2, 0) is 30.2 Å². The number of fused-ring (bicyclic) bond motifs is 1. The molecular weight excluding hydrogens is 338 g/mol. The first kappa shape index (κ1) is 19.9. The van der Waals surface area contributed by atoms with E-state index in [2.05, 4.69) is 4.98 Å². The fourth-order valence-electron chi connectivity index (χ4n) is 2.90. The van der Waals surface area contributed by atoms with E-state index in [9.17, 15) is 14.4 Å². The number of nitrogens with zero attached hydrogens (tertiary/aromatic N) is 4. The highest BCUT2D eigenvalue weighted by Gasteiger charge is 2.24. The van der Waals surface area contributed by atoms with E-state index in [-0.39, 0.29) is 23.8 Å². The Labute approximate surface area is 151 Å². The molecule has 2 heterocycles. The number of ether oxygens (including phenoxy) is 1. The van der Waals surface area contributed by atoms with Crippen LogP contribution in [0.4, 0.5) is 0 Å². The normalized spacial score (nSPS) is 13.2. The maximum absolute atomic E-state index is 12.4. The summed E-state index contributed by atoms with van der Waals surface area (Å²) in [4.78, 5) is 40.8. The molecule has 0 aliphatic rings. The van der Waals surface area contributed by atoms with Crippen LogP contribution in [0.1, 0.15) is 40.0 Å². The molecule has 9 nitrogen and oxygen atoms in total. The van der Waals surface area contributed by atoms with Crippen LogP contribution in [0.3, 0.4) is 0 Å². The molecule has 1 atom stereocenters. The Balaban J connectivity index is 2.17. The zero-order valence-electron chi connectivity index (χ0n) is 16.0. The second-order valence-corrected chi connectivity index (χ2v) is 7.35. The van der Waals surface area contributed by atoms with Crippen molar-refractivity contribution >= 4 is 17.1 Å². The topological polar surface area (TPSA) is 114 Å². The number of aryl methyl sites for hydroxylation is 1. The molecule has 2 rings (SSSR count). The van der Waals surface area contributed by atoms with Gasteiger partial charge >= 0.3 is 11.7 Å². The van der Waals surface area contributed by atoms with Crippen molar-refractivity contribution in [3.8, 4) is 0 Å². The van der Waals surface area contributed by atoms with Gasteiger partial charge in [-0.05, 0) is 40.0 Å². The lowest BCUT2D eigenvalue weighted by Crippen LogP contribution is -2.38. The first-order chi connectivity index (χ1) is 12.0. The summed E-state index contributed by atoms with van der Waals surface area (Å²) in [6, 6.07) is 0.113. The first-order valence-corrected chi connectivity index (χ1v) is 8.62. The molecule has 0 spiro atoms. The average Bonchev–Trinajstić information content (AvgIpc) is 2.93. The second-order valence-electron chi connectivity index (χ2n) is 7.35. The van der Waals surface area contributed by atoms with Crippen LogP contribution in [0, 0.1) is 0 Å². The number of carbonyl (C=O) groups excluding carboxylic acids is 1. The number of hydrogen-bond acceptors (Lipinski definition) is 6. The van der Waals surface area contributed by atoms with E-state index in [0.29, 0.717) is 6.42 Å². The van der Waals surface area contributed by atoms with Crippen LogP contribution >= 0.6 is 0 Å². The fourth-order valence-corrected chi connectivity index (χ4v) is 2.90. The Kier molecular flexibility index (Phi) is 5.70. The van der Waals surface area contributed by atoms with Crippen LogP contribution in [-0.4, -0.2) is 36.3 Å².